The van der Waals surface area contributed by atoms with Gasteiger partial charge in [-0.1, -0.05) is 15.9 Å². The Hall–Kier alpha value is -1.50. The number of anilines is 1. The Morgan fingerprint density at radius 1 is 1.29 bits per heavy atom. The largest absolute Gasteiger partial charge is 0.340 e. The number of amides is 2. The summed E-state index contributed by atoms with van der Waals surface area (Å²) in [6.07, 6.45) is 1.64. The molecule has 1 N–H and O–H groups in total. The SMILES string of the molecule is CC1(C2CC2)NC(=O)CN(c2c(F)cc(Br)cc2F)C1=O. The van der Waals surface area contributed by atoms with E-state index in [2.05, 4.69) is 21.2 Å². The zero-order chi connectivity index (χ0) is 15.4. The predicted octanol–water partition coefficient (Wildman–Crippen LogP) is 2.36. The second-order valence-electron chi connectivity index (χ2n) is 5.63. The first-order valence-corrected chi connectivity index (χ1v) is 7.40. The molecular weight excluding hydrogens is 346 g/mol. The zero-order valence-electron chi connectivity index (χ0n) is 11.3. The summed E-state index contributed by atoms with van der Waals surface area (Å²) in [5.74, 6) is -2.60. The molecular formula is C14H13BrF2N2O2. The van der Waals surface area contributed by atoms with Gasteiger partial charge in [0.1, 0.15) is 17.8 Å². The summed E-state index contributed by atoms with van der Waals surface area (Å²) in [5.41, 5.74) is -1.55. The third kappa shape index (κ3) is 2.33. The van der Waals surface area contributed by atoms with Crippen molar-refractivity contribution in [3.8, 4) is 0 Å². The number of hydrogen-bond donors (Lipinski definition) is 1. The number of nitrogens with zero attached hydrogens (tertiary/aromatic N) is 1. The van der Waals surface area contributed by atoms with Crippen molar-refractivity contribution >= 4 is 33.4 Å². The fraction of sp³-hybridized carbons (Fsp3) is 0.429. The molecule has 1 saturated carbocycles. The molecule has 0 aromatic heterocycles. The molecule has 0 radical (unpaired) electrons. The van der Waals surface area contributed by atoms with E-state index in [1.807, 2.05) is 0 Å². The van der Waals surface area contributed by atoms with Crippen molar-refractivity contribution in [3.05, 3.63) is 28.2 Å². The number of hydrogen-bond acceptors (Lipinski definition) is 2. The third-order valence-electron chi connectivity index (χ3n) is 4.04. The Morgan fingerprint density at radius 3 is 2.38 bits per heavy atom. The van der Waals surface area contributed by atoms with Gasteiger partial charge in [0.05, 0.1) is 0 Å². The monoisotopic (exact) mass is 358 g/mol. The highest BCUT2D eigenvalue weighted by Gasteiger charge is 2.53. The van der Waals surface area contributed by atoms with Gasteiger partial charge in [-0.05, 0) is 37.8 Å². The van der Waals surface area contributed by atoms with Crippen LogP contribution in [-0.2, 0) is 9.59 Å². The maximum atomic E-state index is 14.1. The lowest BCUT2D eigenvalue weighted by atomic mass is 9.91. The van der Waals surface area contributed by atoms with Crippen molar-refractivity contribution in [3.63, 3.8) is 0 Å². The number of piperazine rings is 1. The van der Waals surface area contributed by atoms with Crippen LogP contribution in [0.3, 0.4) is 0 Å². The molecule has 1 saturated heterocycles. The van der Waals surface area contributed by atoms with E-state index in [0.29, 0.717) is 0 Å². The Kier molecular flexibility index (Phi) is 3.27. The molecule has 2 amide bonds. The number of carbonyl (C=O) groups excluding carboxylic acids is 2. The standard InChI is InChI=1S/C14H13BrF2N2O2/c1-14(7-2-3-7)13(21)19(6-11(20)18-14)12-9(16)4-8(15)5-10(12)17/h4-5,7H,2-3,6H2,1H3,(H,18,20). The van der Waals surface area contributed by atoms with E-state index in [9.17, 15) is 18.4 Å². The fourth-order valence-electron chi connectivity index (χ4n) is 2.79. The summed E-state index contributed by atoms with van der Waals surface area (Å²) in [5, 5.41) is 2.67. The third-order valence-corrected chi connectivity index (χ3v) is 4.49. The molecule has 1 atom stereocenters. The minimum atomic E-state index is -1.08. The van der Waals surface area contributed by atoms with E-state index in [1.165, 1.54) is 0 Å². The van der Waals surface area contributed by atoms with Gasteiger partial charge >= 0.3 is 0 Å². The quantitative estimate of drug-likeness (QED) is 0.882. The van der Waals surface area contributed by atoms with Crippen LogP contribution < -0.4 is 10.2 Å². The first-order chi connectivity index (χ1) is 9.83. The van der Waals surface area contributed by atoms with Crippen molar-refractivity contribution in [2.75, 3.05) is 11.4 Å². The normalized spacial score (nSPS) is 26.0. The molecule has 7 heteroatoms. The van der Waals surface area contributed by atoms with E-state index < -0.39 is 34.7 Å². The summed E-state index contributed by atoms with van der Waals surface area (Å²) in [7, 11) is 0. The minimum Gasteiger partial charge on any atom is -0.340 e. The highest BCUT2D eigenvalue weighted by molar-refractivity contribution is 9.10. The molecule has 1 aromatic carbocycles. The van der Waals surface area contributed by atoms with Crippen molar-refractivity contribution in [1.29, 1.82) is 0 Å². The van der Waals surface area contributed by atoms with Gasteiger partial charge in [-0.25, -0.2) is 8.78 Å². The van der Waals surface area contributed by atoms with Gasteiger partial charge in [0, 0.05) is 4.47 Å². The first kappa shape index (κ1) is 14.4. The van der Waals surface area contributed by atoms with Crippen LogP contribution in [0, 0.1) is 17.6 Å². The molecule has 4 nitrogen and oxygen atoms in total. The summed E-state index contributed by atoms with van der Waals surface area (Å²) in [6, 6.07) is 2.15. The maximum absolute atomic E-state index is 14.1. The maximum Gasteiger partial charge on any atom is 0.253 e. The molecule has 0 bridgehead atoms. The Balaban J connectivity index is 2.05. The summed E-state index contributed by atoms with van der Waals surface area (Å²) >= 11 is 2.99. The topological polar surface area (TPSA) is 49.4 Å². The smallest absolute Gasteiger partial charge is 0.253 e. The molecule has 3 rings (SSSR count). The van der Waals surface area contributed by atoms with Gasteiger partial charge < -0.3 is 5.32 Å². The van der Waals surface area contributed by atoms with Gasteiger partial charge in [0.25, 0.3) is 5.91 Å². The van der Waals surface area contributed by atoms with Crippen molar-refractivity contribution in [2.24, 2.45) is 5.92 Å². The number of benzene rings is 1. The van der Waals surface area contributed by atoms with Crippen LogP contribution in [0.15, 0.2) is 16.6 Å². The molecule has 0 spiro atoms. The van der Waals surface area contributed by atoms with Crippen LogP contribution >= 0.6 is 15.9 Å². The summed E-state index contributed by atoms with van der Waals surface area (Å²) in [6.45, 7) is 1.24. The fourth-order valence-corrected chi connectivity index (χ4v) is 3.19. The number of halogens is 3. The van der Waals surface area contributed by atoms with Gasteiger partial charge in [-0.2, -0.15) is 0 Å². The van der Waals surface area contributed by atoms with Crippen molar-refractivity contribution < 1.29 is 18.4 Å². The van der Waals surface area contributed by atoms with Crippen LogP contribution in [0.2, 0.25) is 0 Å². The van der Waals surface area contributed by atoms with E-state index in [-0.39, 0.29) is 16.9 Å². The van der Waals surface area contributed by atoms with Crippen LogP contribution in [0.1, 0.15) is 19.8 Å². The molecule has 1 aromatic rings. The molecule has 1 aliphatic carbocycles. The van der Waals surface area contributed by atoms with Crippen molar-refractivity contribution in [2.45, 2.75) is 25.3 Å². The molecule has 1 heterocycles. The average molecular weight is 359 g/mol. The minimum absolute atomic E-state index is 0.0262. The molecule has 1 aliphatic heterocycles. The van der Waals surface area contributed by atoms with E-state index in [1.54, 1.807) is 6.92 Å². The molecule has 112 valence electrons. The predicted molar refractivity (Wildman–Crippen MR) is 75.7 cm³/mol. The first-order valence-electron chi connectivity index (χ1n) is 6.60. The average Bonchev–Trinajstić information content (AvgIpc) is 3.18. The molecule has 2 aliphatic rings. The Labute approximate surface area is 128 Å². The van der Waals surface area contributed by atoms with Crippen LogP contribution in [0.4, 0.5) is 14.5 Å². The van der Waals surface area contributed by atoms with Gasteiger partial charge in [-0.3, -0.25) is 14.5 Å². The number of nitrogens with one attached hydrogen (secondary N) is 1. The summed E-state index contributed by atoms with van der Waals surface area (Å²) in [4.78, 5) is 25.4. The second kappa shape index (κ2) is 4.76. The van der Waals surface area contributed by atoms with Crippen LogP contribution in [-0.4, -0.2) is 23.9 Å². The van der Waals surface area contributed by atoms with E-state index >= 15 is 0 Å². The molecule has 2 fully saturated rings. The summed E-state index contributed by atoms with van der Waals surface area (Å²) < 4.78 is 28.4. The van der Waals surface area contributed by atoms with Gasteiger partial charge in [0.2, 0.25) is 5.91 Å². The Morgan fingerprint density at radius 2 is 1.86 bits per heavy atom. The lowest BCUT2D eigenvalue weighted by Gasteiger charge is -2.40. The lowest BCUT2D eigenvalue weighted by molar-refractivity contribution is -0.136. The highest BCUT2D eigenvalue weighted by Crippen LogP contribution is 2.42. The van der Waals surface area contributed by atoms with Gasteiger partial charge in [-0.15, -0.1) is 0 Å². The van der Waals surface area contributed by atoms with Crippen molar-refractivity contribution in [1.82, 2.24) is 5.32 Å². The van der Waals surface area contributed by atoms with Crippen LogP contribution in [0.5, 0.6) is 0 Å². The Bertz CT molecular complexity index is 625. The molecule has 1 unspecified atom stereocenters. The number of rotatable bonds is 2. The van der Waals surface area contributed by atoms with Gasteiger partial charge in [0.15, 0.2) is 11.6 Å². The molecule has 21 heavy (non-hydrogen) atoms. The number of carbonyl (C=O) groups is 2. The van der Waals surface area contributed by atoms with E-state index in [4.69, 9.17) is 0 Å². The lowest BCUT2D eigenvalue weighted by Crippen LogP contribution is -2.67. The van der Waals surface area contributed by atoms with E-state index in [0.717, 1.165) is 29.9 Å². The zero-order valence-corrected chi connectivity index (χ0v) is 12.8. The van der Waals surface area contributed by atoms with Crippen LogP contribution in [0.25, 0.3) is 0 Å². The highest BCUT2D eigenvalue weighted by atomic mass is 79.9. The second-order valence-corrected chi connectivity index (χ2v) is 6.55.